The second kappa shape index (κ2) is 11.5. The highest BCUT2D eigenvalue weighted by atomic mass is 15.0. The Hall–Kier alpha value is -6.64. The van der Waals surface area contributed by atoms with Crippen LogP contribution in [0.2, 0.25) is 0 Å². The SMILES string of the molecule is [2H]c1c([2H])c([2H])c2c(c1[2H])c1c([2H])c(-c3ccc4c(c3)c3cc(-c5ccccc5)ccc3n4-c3ccc(-c4ccccc4)cc3)c([2H])c([2H])c1n2-c1ccccc1. The van der Waals surface area contributed by atoms with Crippen LogP contribution >= 0.6 is 0 Å². The molecule has 0 unspecified atom stereocenters. The molecule has 0 bridgehead atoms. The summed E-state index contributed by atoms with van der Waals surface area (Å²) in [6, 6.07) is 48.6. The lowest BCUT2D eigenvalue weighted by Gasteiger charge is -2.10. The molecule has 0 saturated carbocycles. The molecule has 0 aliphatic carbocycles. The fourth-order valence-corrected chi connectivity index (χ4v) is 7.19. The van der Waals surface area contributed by atoms with Crippen LogP contribution in [0.5, 0.6) is 0 Å². The Morgan fingerprint density at radius 2 is 0.800 bits per heavy atom. The molecule has 0 N–H and O–H groups in total. The van der Waals surface area contributed by atoms with Gasteiger partial charge in [0, 0.05) is 32.9 Å². The molecule has 0 radical (unpaired) electrons. The minimum atomic E-state index is -0.415. The van der Waals surface area contributed by atoms with Gasteiger partial charge in [-0.1, -0.05) is 127 Å². The van der Waals surface area contributed by atoms with Crippen LogP contribution < -0.4 is 0 Å². The lowest BCUT2D eigenvalue weighted by Crippen LogP contribution is -1.94. The van der Waals surface area contributed by atoms with Crippen molar-refractivity contribution in [2.45, 2.75) is 0 Å². The quantitative estimate of drug-likeness (QED) is 0.177. The van der Waals surface area contributed by atoms with Crippen LogP contribution in [0.25, 0.3) is 88.4 Å². The average molecular weight is 644 g/mol. The summed E-state index contributed by atoms with van der Waals surface area (Å²) in [6.45, 7) is 0. The molecule has 10 rings (SSSR count). The Labute approximate surface area is 300 Å². The molecule has 234 valence electrons. The van der Waals surface area contributed by atoms with E-state index in [1.165, 1.54) is 0 Å². The van der Waals surface area contributed by atoms with E-state index in [1.54, 1.807) is 16.7 Å². The molecular weight excluding hydrogens is 605 g/mol. The van der Waals surface area contributed by atoms with Crippen molar-refractivity contribution in [3.8, 4) is 44.8 Å². The van der Waals surface area contributed by atoms with Crippen LogP contribution in [0.4, 0.5) is 0 Å². The maximum atomic E-state index is 9.74. The van der Waals surface area contributed by atoms with Gasteiger partial charge in [0.25, 0.3) is 0 Å². The second-order valence-electron chi connectivity index (χ2n) is 12.4. The monoisotopic (exact) mass is 643 g/mol. The van der Waals surface area contributed by atoms with Gasteiger partial charge in [0.15, 0.2) is 0 Å². The lowest BCUT2D eigenvalue weighted by atomic mass is 9.99. The molecule has 2 aromatic heterocycles. The highest BCUT2D eigenvalue weighted by molar-refractivity contribution is 6.13. The molecule has 0 spiro atoms. The van der Waals surface area contributed by atoms with E-state index in [-0.39, 0.29) is 57.6 Å². The Balaban J connectivity index is 1.26. The largest absolute Gasteiger partial charge is 0.309 e. The van der Waals surface area contributed by atoms with Gasteiger partial charge in [-0.25, -0.2) is 0 Å². The Bertz CT molecular complexity index is 3230. The summed E-state index contributed by atoms with van der Waals surface area (Å²) in [5, 5.41) is 2.26. The molecule has 0 aliphatic rings. The van der Waals surface area contributed by atoms with E-state index >= 15 is 0 Å². The van der Waals surface area contributed by atoms with E-state index < -0.39 is 12.1 Å². The molecule has 8 aromatic carbocycles. The predicted octanol–water partition coefficient (Wildman–Crippen LogP) is 12.9. The Morgan fingerprint density at radius 3 is 1.46 bits per heavy atom. The van der Waals surface area contributed by atoms with E-state index in [2.05, 4.69) is 71.3 Å². The number of hydrogen-bond donors (Lipinski definition) is 0. The number of hydrogen-bond acceptors (Lipinski definition) is 0. The van der Waals surface area contributed by atoms with E-state index in [9.17, 15) is 4.11 Å². The van der Waals surface area contributed by atoms with Gasteiger partial charge < -0.3 is 9.13 Å². The van der Waals surface area contributed by atoms with E-state index in [0.29, 0.717) is 11.3 Å². The number of rotatable bonds is 5. The molecule has 0 atom stereocenters. The van der Waals surface area contributed by atoms with Gasteiger partial charge in [-0.15, -0.1) is 0 Å². The fraction of sp³-hybridized carbons (Fsp3) is 0. The molecule has 0 fully saturated rings. The summed E-state index contributed by atoms with van der Waals surface area (Å²) >= 11 is 0. The van der Waals surface area contributed by atoms with Crippen molar-refractivity contribution in [3.05, 3.63) is 194 Å². The van der Waals surface area contributed by atoms with E-state index in [4.69, 9.17) is 5.48 Å². The third kappa shape index (κ3) is 4.57. The summed E-state index contributed by atoms with van der Waals surface area (Å²) in [5.74, 6) is 0. The smallest absolute Gasteiger partial charge is 0.0645 e. The molecule has 0 saturated heterocycles. The number of para-hydroxylation sites is 2. The third-order valence-corrected chi connectivity index (χ3v) is 9.57. The van der Waals surface area contributed by atoms with Crippen LogP contribution in [0.1, 0.15) is 9.60 Å². The summed E-state index contributed by atoms with van der Waals surface area (Å²) in [6.07, 6.45) is 0. The molecule has 50 heavy (non-hydrogen) atoms. The van der Waals surface area contributed by atoms with Crippen molar-refractivity contribution in [1.82, 2.24) is 9.13 Å². The van der Waals surface area contributed by atoms with Crippen molar-refractivity contribution in [3.63, 3.8) is 0 Å². The maximum Gasteiger partial charge on any atom is 0.0645 e. The zero-order valence-corrected chi connectivity index (χ0v) is 26.8. The summed E-state index contributed by atoms with van der Waals surface area (Å²) in [7, 11) is 0. The minimum Gasteiger partial charge on any atom is -0.309 e. The lowest BCUT2D eigenvalue weighted by molar-refractivity contribution is 1.18. The molecule has 10 aromatic rings. The van der Waals surface area contributed by atoms with Crippen LogP contribution in [0.3, 0.4) is 0 Å². The number of benzene rings is 8. The maximum absolute atomic E-state index is 9.74. The van der Waals surface area contributed by atoms with E-state index in [1.807, 2.05) is 72.8 Å². The minimum absolute atomic E-state index is 0.0692. The fourth-order valence-electron chi connectivity index (χ4n) is 7.19. The second-order valence-corrected chi connectivity index (χ2v) is 12.4. The van der Waals surface area contributed by atoms with Gasteiger partial charge in [-0.3, -0.25) is 0 Å². The van der Waals surface area contributed by atoms with Gasteiger partial charge in [-0.2, -0.15) is 0 Å². The summed E-state index contributed by atoms with van der Waals surface area (Å²) < 4.78 is 67.5. The van der Waals surface area contributed by atoms with Crippen molar-refractivity contribution in [1.29, 1.82) is 0 Å². The molecule has 2 heteroatoms. The predicted molar refractivity (Wildman–Crippen MR) is 211 cm³/mol. The average Bonchev–Trinajstić information content (AvgIpc) is 3.79. The zero-order chi connectivity index (χ0) is 39.1. The van der Waals surface area contributed by atoms with Crippen LogP contribution in [0, 0.1) is 0 Å². The van der Waals surface area contributed by atoms with Crippen LogP contribution in [-0.2, 0) is 0 Å². The van der Waals surface area contributed by atoms with Crippen molar-refractivity contribution >= 4 is 43.6 Å². The zero-order valence-electron chi connectivity index (χ0n) is 33.8. The number of aromatic nitrogens is 2. The Morgan fingerprint density at radius 1 is 0.320 bits per heavy atom. The van der Waals surface area contributed by atoms with E-state index in [0.717, 1.165) is 49.7 Å². The first-order valence-corrected chi connectivity index (χ1v) is 16.6. The first-order valence-electron chi connectivity index (χ1n) is 20.1. The normalized spacial score (nSPS) is 13.6. The standard InChI is InChI=1S/C48H32N2/c1-4-12-33(13-5-1)35-20-25-40(26-21-35)50-47-27-22-36(34-14-6-2-7-15-34)30-43(47)44-32-38(24-29-48(44)50)37-23-28-46-42(31-37)41-18-10-11-19-45(41)49(46)39-16-8-3-9-17-39/h1-32H/i10D,11D,18D,19D,23D,28D,31D. The molecule has 2 nitrogen and oxygen atoms in total. The van der Waals surface area contributed by atoms with Crippen molar-refractivity contribution in [2.75, 3.05) is 0 Å². The molecular formula is C48H32N2. The van der Waals surface area contributed by atoms with Gasteiger partial charge >= 0.3 is 0 Å². The molecule has 0 aliphatic heterocycles. The third-order valence-electron chi connectivity index (χ3n) is 9.57. The summed E-state index contributed by atoms with van der Waals surface area (Å²) in [5.41, 5.74) is 9.01. The molecule has 0 amide bonds. The Kier molecular flexibility index (Phi) is 5.08. The van der Waals surface area contributed by atoms with Crippen molar-refractivity contribution in [2.24, 2.45) is 0 Å². The van der Waals surface area contributed by atoms with Crippen LogP contribution in [0.15, 0.2) is 194 Å². The summed E-state index contributed by atoms with van der Waals surface area (Å²) in [4.78, 5) is 0. The van der Waals surface area contributed by atoms with Crippen LogP contribution in [-0.4, -0.2) is 9.13 Å². The highest BCUT2D eigenvalue weighted by Gasteiger charge is 2.17. The molecule has 2 heterocycles. The first kappa shape index (κ1) is 22.1. The number of nitrogens with zero attached hydrogens (tertiary/aromatic N) is 2. The van der Waals surface area contributed by atoms with Gasteiger partial charge in [0.2, 0.25) is 0 Å². The number of fused-ring (bicyclic) bond motifs is 6. The van der Waals surface area contributed by atoms with Gasteiger partial charge in [0.05, 0.1) is 31.7 Å². The van der Waals surface area contributed by atoms with Gasteiger partial charge in [0.1, 0.15) is 0 Å². The highest BCUT2D eigenvalue weighted by Crippen LogP contribution is 2.39. The topological polar surface area (TPSA) is 9.86 Å². The van der Waals surface area contributed by atoms with Gasteiger partial charge in [-0.05, 0) is 100 Å². The van der Waals surface area contributed by atoms with Crippen molar-refractivity contribution < 1.29 is 9.60 Å². The first-order chi connectivity index (χ1) is 27.7.